The van der Waals surface area contributed by atoms with E-state index < -0.39 is 0 Å². The summed E-state index contributed by atoms with van der Waals surface area (Å²) in [5.41, 5.74) is 6.34. The molecule has 2 N–H and O–H groups in total. The number of piperidine rings is 1. The van der Waals surface area contributed by atoms with Gasteiger partial charge in [-0.2, -0.15) is 0 Å². The highest BCUT2D eigenvalue weighted by molar-refractivity contribution is 5.80. The Kier molecular flexibility index (Phi) is 4.47. The molecule has 0 spiro atoms. The van der Waals surface area contributed by atoms with Crippen molar-refractivity contribution in [3.05, 3.63) is 34.4 Å². The maximum absolute atomic E-state index is 11.6. The highest BCUT2D eigenvalue weighted by Gasteiger charge is 2.36. The monoisotopic (exact) mass is 318 g/mol. The van der Waals surface area contributed by atoms with Crippen LogP contribution in [0.3, 0.4) is 0 Å². The van der Waals surface area contributed by atoms with Gasteiger partial charge in [-0.1, -0.05) is 12.1 Å². The number of primary amides is 1. The number of benzene rings is 1. The van der Waals surface area contributed by atoms with Crippen molar-refractivity contribution in [2.45, 2.75) is 37.8 Å². The van der Waals surface area contributed by atoms with Crippen molar-refractivity contribution in [1.82, 2.24) is 4.90 Å². The van der Waals surface area contributed by atoms with Crippen LogP contribution in [0.15, 0.2) is 24.3 Å². The average molecular weight is 318 g/mol. The molecule has 1 amide bonds. The number of hydrogen-bond acceptors (Lipinski definition) is 5. The maximum atomic E-state index is 11.6. The van der Waals surface area contributed by atoms with Crippen LogP contribution >= 0.6 is 0 Å². The fraction of sp³-hybridized carbons (Fsp3) is 0.562. The molecule has 0 unspecified atom stereocenters. The van der Waals surface area contributed by atoms with E-state index in [2.05, 4.69) is 9.80 Å². The molecular weight excluding hydrogens is 296 g/mol. The highest BCUT2D eigenvalue weighted by atomic mass is 16.6. The number of para-hydroxylation sites is 2. The first-order valence-electron chi connectivity index (χ1n) is 8.11. The minimum absolute atomic E-state index is 0.141. The van der Waals surface area contributed by atoms with Crippen molar-refractivity contribution in [1.29, 1.82) is 0 Å². The van der Waals surface area contributed by atoms with E-state index in [-0.39, 0.29) is 22.6 Å². The zero-order chi connectivity index (χ0) is 16.4. The first-order valence-corrected chi connectivity index (χ1v) is 8.11. The second-order valence-corrected chi connectivity index (χ2v) is 6.26. The van der Waals surface area contributed by atoms with E-state index >= 15 is 0 Å². The van der Waals surface area contributed by atoms with Crippen molar-refractivity contribution in [2.24, 2.45) is 5.73 Å². The number of nitro benzene ring substituents is 1. The van der Waals surface area contributed by atoms with Crippen LogP contribution in [0.25, 0.3) is 0 Å². The predicted octanol–water partition coefficient (Wildman–Crippen LogP) is 1.51. The van der Waals surface area contributed by atoms with Gasteiger partial charge in [-0.25, -0.2) is 0 Å². The Balaban J connectivity index is 1.67. The Labute approximate surface area is 135 Å². The van der Waals surface area contributed by atoms with E-state index in [9.17, 15) is 14.9 Å². The summed E-state index contributed by atoms with van der Waals surface area (Å²) in [6.07, 6.45) is 3.66. The zero-order valence-electron chi connectivity index (χ0n) is 13.1. The third kappa shape index (κ3) is 3.14. The lowest BCUT2D eigenvalue weighted by Crippen LogP contribution is -2.50. The molecule has 0 aliphatic carbocycles. The van der Waals surface area contributed by atoms with Crippen LogP contribution in [0.1, 0.15) is 25.7 Å². The molecule has 3 rings (SSSR count). The number of hydrogen-bond donors (Lipinski definition) is 1. The highest BCUT2D eigenvalue weighted by Crippen LogP contribution is 2.32. The standard InChI is InChI=1S/C16H22N4O3/c17-16(21)15-6-3-9-19(15)12-7-10-18(11-8-12)13-4-1-2-5-14(13)20(22)23/h1-2,4-5,12,15H,3,6-11H2,(H2,17,21)/t15-/m0/s1. The topological polar surface area (TPSA) is 92.7 Å². The molecule has 0 bridgehead atoms. The fourth-order valence-corrected chi connectivity index (χ4v) is 3.86. The summed E-state index contributed by atoms with van der Waals surface area (Å²) in [4.78, 5) is 26.7. The lowest BCUT2D eigenvalue weighted by atomic mass is 10.0. The first kappa shape index (κ1) is 15.7. The lowest BCUT2D eigenvalue weighted by Gasteiger charge is -2.39. The molecule has 0 aromatic heterocycles. The number of carbonyl (C=O) groups excluding carboxylic acids is 1. The van der Waals surface area contributed by atoms with Gasteiger partial charge in [0.1, 0.15) is 5.69 Å². The Morgan fingerprint density at radius 3 is 2.52 bits per heavy atom. The summed E-state index contributed by atoms with van der Waals surface area (Å²) in [6.45, 7) is 2.44. The van der Waals surface area contributed by atoms with Gasteiger partial charge in [-0.15, -0.1) is 0 Å². The van der Waals surface area contributed by atoms with Gasteiger partial charge >= 0.3 is 0 Å². The summed E-state index contributed by atoms with van der Waals surface area (Å²) in [5, 5.41) is 11.2. The smallest absolute Gasteiger partial charge is 0.292 e. The van der Waals surface area contributed by atoms with E-state index in [1.54, 1.807) is 18.2 Å². The van der Waals surface area contributed by atoms with Crippen molar-refractivity contribution in [3.63, 3.8) is 0 Å². The van der Waals surface area contributed by atoms with Crippen LogP contribution in [-0.4, -0.2) is 47.4 Å². The second-order valence-electron chi connectivity index (χ2n) is 6.26. The summed E-state index contributed by atoms with van der Waals surface area (Å²) in [5.74, 6) is -0.233. The van der Waals surface area contributed by atoms with Crippen molar-refractivity contribution in [2.75, 3.05) is 24.5 Å². The van der Waals surface area contributed by atoms with Gasteiger partial charge in [0, 0.05) is 25.2 Å². The third-order valence-corrected chi connectivity index (χ3v) is 4.98. The third-order valence-electron chi connectivity index (χ3n) is 4.98. The van der Waals surface area contributed by atoms with E-state index in [4.69, 9.17) is 5.73 Å². The van der Waals surface area contributed by atoms with Gasteiger partial charge < -0.3 is 10.6 Å². The molecule has 2 aliphatic rings. The number of likely N-dealkylation sites (tertiary alicyclic amines) is 1. The second kappa shape index (κ2) is 6.54. The van der Waals surface area contributed by atoms with Crippen molar-refractivity contribution < 1.29 is 9.72 Å². The number of carbonyl (C=O) groups is 1. The summed E-state index contributed by atoms with van der Waals surface area (Å²) in [7, 11) is 0. The van der Waals surface area contributed by atoms with Crippen LogP contribution < -0.4 is 10.6 Å². The molecular formula is C16H22N4O3. The van der Waals surface area contributed by atoms with Crippen molar-refractivity contribution in [3.8, 4) is 0 Å². The molecule has 7 heteroatoms. The van der Waals surface area contributed by atoms with Gasteiger partial charge in [0.15, 0.2) is 0 Å². The van der Waals surface area contributed by atoms with Crippen LogP contribution in [0.5, 0.6) is 0 Å². The molecule has 2 aliphatic heterocycles. The van der Waals surface area contributed by atoms with E-state index in [1.807, 2.05) is 6.07 Å². The molecule has 2 saturated heterocycles. The number of nitrogens with zero attached hydrogens (tertiary/aromatic N) is 3. The van der Waals surface area contributed by atoms with Gasteiger partial charge in [0.05, 0.1) is 11.0 Å². The van der Waals surface area contributed by atoms with E-state index in [0.717, 1.165) is 45.3 Å². The number of nitrogens with two attached hydrogens (primary N) is 1. The van der Waals surface area contributed by atoms with Crippen molar-refractivity contribution >= 4 is 17.3 Å². The zero-order valence-corrected chi connectivity index (χ0v) is 13.1. The molecule has 1 aromatic carbocycles. The minimum atomic E-state index is -0.328. The molecule has 124 valence electrons. The first-order chi connectivity index (χ1) is 11.1. The summed E-state index contributed by atoms with van der Waals surface area (Å²) in [6, 6.07) is 7.08. The van der Waals surface area contributed by atoms with Crippen LogP contribution in [0.4, 0.5) is 11.4 Å². The number of anilines is 1. The fourth-order valence-electron chi connectivity index (χ4n) is 3.86. The van der Waals surface area contributed by atoms with Crippen LogP contribution in [0, 0.1) is 10.1 Å². The van der Waals surface area contributed by atoms with Gasteiger partial charge in [-0.05, 0) is 38.3 Å². The Morgan fingerprint density at radius 1 is 1.17 bits per heavy atom. The summed E-state index contributed by atoms with van der Waals surface area (Å²) >= 11 is 0. The van der Waals surface area contributed by atoms with Gasteiger partial charge in [-0.3, -0.25) is 19.8 Å². The number of nitro groups is 1. The normalized spacial score (nSPS) is 23.1. The molecule has 7 nitrogen and oxygen atoms in total. The number of amides is 1. The average Bonchev–Trinajstić information content (AvgIpc) is 3.05. The molecule has 2 heterocycles. The largest absolute Gasteiger partial charge is 0.368 e. The minimum Gasteiger partial charge on any atom is -0.368 e. The molecule has 2 fully saturated rings. The predicted molar refractivity (Wildman–Crippen MR) is 87.3 cm³/mol. The molecule has 23 heavy (non-hydrogen) atoms. The van der Waals surface area contributed by atoms with E-state index in [1.165, 1.54) is 0 Å². The van der Waals surface area contributed by atoms with Crippen LogP contribution in [-0.2, 0) is 4.79 Å². The van der Waals surface area contributed by atoms with E-state index in [0.29, 0.717) is 11.7 Å². The molecule has 1 atom stereocenters. The molecule has 0 radical (unpaired) electrons. The SMILES string of the molecule is NC(=O)[C@@H]1CCCN1C1CCN(c2ccccc2[N+](=O)[O-])CC1. The summed E-state index contributed by atoms with van der Waals surface area (Å²) < 4.78 is 0. The molecule has 1 aromatic rings. The number of rotatable bonds is 4. The quantitative estimate of drug-likeness (QED) is 0.671. The van der Waals surface area contributed by atoms with Gasteiger partial charge in [0.25, 0.3) is 5.69 Å². The van der Waals surface area contributed by atoms with Gasteiger partial charge in [0.2, 0.25) is 5.91 Å². The maximum Gasteiger partial charge on any atom is 0.292 e. The Hall–Kier alpha value is -2.15. The van der Waals surface area contributed by atoms with Crippen LogP contribution in [0.2, 0.25) is 0 Å². The Morgan fingerprint density at radius 2 is 1.87 bits per heavy atom. The lowest BCUT2D eigenvalue weighted by molar-refractivity contribution is -0.384. The molecule has 0 saturated carbocycles. The Bertz CT molecular complexity index is 599.